The van der Waals surface area contributed by atoms with Crippen LogP contribution in [0.2, 0.25) is 0 Å². The monoisotopic (exact) mass is 567 g/mol. The fraction of sp³-hybridized carbons (Fsp3) is 0.686. The molecule has 0 aromatic heterocycles. The summed E-state index contributed by atoms with van der Waals surface area (Å²) in [6, 6.07) is 6.77. The van der Waals surface area contributed by atoms with Crippen molar-refractivity contribution in [1.29, 1.82) is 0 Å². The molecule has 3 fully saturated rings. The highest BCUT2D eigenvalue weighted by Gasteiger charge is 2.56. The van der Waals surface area contributed by atoms with Crippen LogP contribution in [-0.2, 0) is 9.59 Å². The molecule has 1 heterocycles. The molecule has 6 nitrogen and oxygen atoms in total. The van der Waals surface area contributed by atoms with E-state index in [1.807, 2.05) is 13.8 Å². The maximum atomic E-state index is 12.7. The van der Waals surface area contributed by atoms with E-state index in [0.29, 0.717) is 49.4 Å². The highest BCUT2D eigenvalue weighted by Crippen LogP contribution is 2.59. The van der Waals surface area contributed by atoms with Gasteiger partial charge in [0.05, 0.1) is 12.6 Å². The second-order valence-corrected chi connectivity index (χ2v) is 12.0. The van der Waals surface area contributed by atoms with E-state index in [0.717, 1.165) is 23.6 Å². The van der Waals surface area contributed by atoms with Crippen LogP contribution in [0.1, 0.15) is 116 Å². The molecular weight excluding hydrogens is 510 g/mol. The van der Waals surface area contributed by atoms with Gasteiger partial charge in [-0.2, -0.15) is 0 Å². The lowest BCUT2D eigenvalue weighted by molar-refractivity contribution is -0.129. The van der Waals surface area contributed by atoms with Gasteiger partial charge in [-0.25, -0.2) is 0 Å². The molecule has 2 saturated carbocycles. The second-order valence-electron chi connectivity index (χ2n) is 12.0. The number of fused-ring (bicyclic) bond motifs is 1. The van der Waals surface area contributed by atoms with Crippen LogP contribution < -0.4 is 5.73 Å². The van der Waals surface area contributed by atoms with Crippen LogP contribution in [0.3, 0.4) is 0 Å². The fourth-order valence-electron chi connectivity index (χ4n) is 6.38. The molecule has 4 rings (SSSR count). The van der Waals surface area contributed by atoms with E-state index in [4.69, 9.17) is 5.73 Å². The number of benzene rings is 1. The van der Waals surface area contributed by atoms with Crippen LogP contribution in [0.5, 0.6) is 0 Å². The van der Waals surface area contributed by atoms with E-state index in [9.17, 15) is 14.7 Å². The molecule has 0 bridgehead atoms. The first kappa shape index (κ1) is 34.7. The molecule has 0 radical (unpaired) electrons. The highest BCUT2D eigenvalue weighted by atomic mass is 16.3. The van der Waals surface area contributed by atoms with Gasteiger partial charge >= 0.3 is 0 Å². The molecule has 2 aliphatic carbocycles. The van der Waals surface area contributed by atoms with Crippen LogP contribution in [0.25, 0.3) is 0 Å². The largest absolute Gasteiger partial charge is 0.394 e. The van der Waals surface area contributed by atoms with Crippen molar-refractivity contribution in [1.82, 2.24) is 4.90 Å². The summed E-state index contributed by atoms with van der Waals surface area (Å²) >= 11 is 0. The summed E-state index contributed by atoms with van der Waals surface area (Å²) in [5, 5.41) is 9.57. The number of carbonyl (C=O) groups excluding carboxylic acids is 2. The number of ketones is 1. The van der Waals surface area contributed by atoms with Gasteiger partial charge < -0.3 is 15.7 Å². The number of hydrogen-bond acceptors (Lipinski definition) is 5. The van der Waals surface area contributed by atoms with Gasteiger partial charge in [-0.3, -0.25) is 14.6 Å². The van der Waals surface area contributed by atoms with Crippen molar-refractivity contribution >= 4 is 17.4 Å². The SMILES string of the molecule is CC.CC(=O)CN=C1CC2C(/C1=C(/N)C(=O)N1CCC(O)CC1)[C@@H]2C.CCCCC(CCC)c1cccc(C)c1C. The predicted molar refractivity (Wildman–Crippen MR) is 171 cm³/mol. The fourth-order valence-corrected chi connectivity index (χ4v) is 6.38. The van der Waals surface area contributed by atoms with Crippen molar-refractivity contribution in [2.45, 2.75) is 119 Å². The van der Waals surface area contributed by atoms with Crippen molar-refractivity contribution in [3.05, 3.63) is 46.2 Å². The number of piperidine rings is 1. The summed E-state index contributed by atoms with van der Waals surface area (Å²) in [6.45, 7) is 18.0. The molecule has 4 atom stereocenters. The number of unbranched alkanes of at least 4 members (excludes halogenated alkanes) is 1. The van der Waals surface area contributed by atoms with Gasteiger partial charge in [0.25, 0.3) is 5.91 Å². The topological polar surface area (TPSA) is 96.0 Å². The number of amides is 1. The normalized spacial score (nSPS) is 24.5. The zero-order valence-electron chi connectivity index (χ0n) is 27.1. The molecule has 3 unspecified atom stereocenters. The number of Topliss-reactive ketones (excluding diaryl/α,β-unsaturated/α-hetero) is 1. The molecule has 41 heavy (non-hydrogen) atoms. The first-order valence-corrected chi connectivity index (χ1v) is 16.2. The van der Waals surface area contributed by atoms with Crippen LogP contribution in [0, 0.1) is 31.6 Å². The number of rotatable bonds is 9. The van der Waals surface area contributed by atoms with Crippen LogP contribution >= 0.6 is 0 Å². The quantitative estimate of drug-likeness (QED) is 0.317. The molecule has 0 spiro atoms. The number of aliphatic imine (C=N–C) groups is 1. The third-order valence-corrected chi connectivity index (χ3v) is 9.03. The Morgan fingerprint density at radius 1 is 1.10 bits per heavy atom. The third-order valence-electron chi connectivity index (χ3n) is 9.03. The number of aliphatic hydroxyl groups excluding tert-OH is 1. The smallest absolute Gasteiger partial charge is 0.270 e. The Labute approximate surface area is 249 Å². The molecular formula is C35H57N3O3. The van der Waals surface area contributed by atoms with Gasteiger partial charge in [-0.05, 0) is 93.2 Å². The maximum absolute atomic E-state index is 12.7. The average molecular weight is 568 g/mol. The van der Waals surface area contributed by atoms with Gasteiger partial charge in [-0.15, -0.1) is 0 Å². The van der Waals surface area contributed by atoms with E-state index >= 15 is 0 Å². The van der Waals surface area contributed by atoms with Gasteiger partial charge in [0.15, 0.2) is 5.78 Å². The summed E-state index contributed by atoms with van der Waals surface area (Å²) < 4.78 is 0. The predicted octanol–water partition coefficient (Wildman–Crippen LogP) is 6.90. The molecule has 1 amide bonds. The minimum absolute atomic E-state index is 0.0142. The Hall–Kier alpha value is -2.47. The van der Waals surface area contributed by atoms with Gasteiger partial charge in [0, 0.05) is 24.4 Å². The zero-order chi connectivity index (χ0) is 30.7. The summed E-state index contributed by atoms with van der Waals surface area (Å²) in [6.07, 6.45) is 8.36. The summed E-state index contributed by atoms with van der Waals surface area (Å²) in [7, 11) is 0. The van der Waals surface area contributed by atoms with Crippen molar-refractivity contribution in [2.24, 2.45) is 28.5 Å². The van der Waals surface area contributed by atoms with E-state index in [2.05, 4.69) is 57.8 Å². The van der Waals surface area contributed by atoms with Crippen LogP contribution in [0.15, 0.2) is 34.5 Å². The number of allylic oxidation sites excluding steroid dienone is 1. The van der Waals surface area contributed by atoms with Crippen LogP contribution in [-0.4, -0.2) is 53.1 Å². The standard InChI is InChI=1S/C17H25N3O3.C16H26.C2H6/c1-9(21)8-19-13-7-12-10(2)14(12)15(13)16(18)17(23)20-5-3-11(22)4-6-20;1-5-7-11-15(9-6-2)16-12-8-10-13(3)14(16)4;1-2/h10-12,14,22H,3-8,18H2,1-2H3;8,10,12,15H,5-7,9,11H2,1-4H3;1-2H3/b16-15+,19-13?;;/t10-,12?,14?;;/m1../s1. The van der Waals surface area contributed by atoms with Crippen molar-refractivity contribution in [3.63, 3.8) is 0 Å². The van der Waals surface area contributed by atoms with E-state index in [1.165, 1.54) is 50.2 Å². The number of likely N-dealkylation sites (tertiary alicyclic amines) is 1. The molecule has 1 aromatic rings. The Kier molecular flexibility index (Phi) is 14.3. The number of nitrogens with zero attached hydrogens (tertiary/aromatic N) is 2. The molecule has 6 heteroatoms. The summed E-state index contributed by atoms with van der Waals surface area (Å²) in [5.41, 5.74) is 12.8. The maximum Gasteiger partial charge on any atom is 0.270 e. The zero-order valence-corrected chi connectivity index (χ0v) is 27.1. The third kappa shape index (κ3) is 9.26. The minimum Gasteiger partial charge on any atom is -0.394 e. The van der Waals surface area contributed by atoms with Crippen molar-refractivity contribution in [2.75, 3.05) is 19.6 Å². The lowest BCUT2D eigenvalue weighted by Gasteiger charge is -2.30. The summed E-state index contributed by atoms with van der Waals surface area (Å²) in [4.78, 5) is 30.0. The Bertz CT molecular complexity index is 1070. The first-order chi connectivity index (χ1) is 19.6. The van der Waals surface area contributed by atoms with Crippen LogP contribution in [0.4, 0.5) is 0 Å². The lowest BCUT2D eigenvalue weighted by Crippen LogP contribution is -2.42. The molecule has 3 N–H and O–H groups in total. The highest BCUT2D eigenvalue weighted by molar-refractivity contribution is 6.11. The van der Waals surface area contributed by atoms with E-state index in [-0.39, 0.29) is 24.3 Å². The number of aliphatic hydroxyl groups is 1. The van der Waals surface area contributed by atoms with Gasteiger partial charge in [0.2, 0.25) is 0 Å². The molecule has 1 aliphatic heterocycles. The lowest BCUT2D eigenvalue weighted by atomic mass is 9.86. The molecule has 230 valence electrons. The Morgan fingerprint density at radius 3 is 2.34 bits per heavy atom. The second kappa shape index (κ2) is 16.8. The number of carbonyl (C=O) groups is 2. The van der Waals surface area contributed by atoms with Gasteiger partial charge in [-0.1, -0.05) is 72.1 Å². The number of aryl methyl sites for hydroxylation is 1. The van der Waals surface area contributed by atoms with Crippen molar-refractivity contribution in [3.8, 4) is 0 Å². The Balaban J connectivity index is 0.000000288. The van der Waals surface area contributed by atoms with Crippen molar-refractivity contribution < 1.29 is 14.7 Å². The Morgan fingerprint density at radius 2 is 1.76 bits per heavy atom. The molecule has 3 aliphatic rings. The van der Waals surface area contributed by atoms with Gasteiger partial charge in [0.1, 0.15) is 5.70 Å². The summed E-state index contributed by atoms with van der Waals surface area (Å²) in [5.74, 6) is 2.02. The minimum atomic E-state index is -0.320. The number of nitrogens with two attached hydrogens (primary N) is 1. The molecule has 1 saturated heterocycles. The van der Waals surface area contributed by atoms with E-state index < -0.39 is 0 Å². The first-order valence-electron chi connectivity index (χ1n) is 16.2. The average Bonchev–Trinajstić information content (AvgIpc) is 3.41. The molecule has 1 aromatic carbocycles. The van der Waals surface area contributed by atoms with E-state index in [1.54, 1.807) is 10.5 Å². The number of hydrogen-bond donors (Lipinski definition) is 2.